The van der Waals surface area contributed by atoms with Crippen LogP contribution in [0.25, 0.3) is 0 Å². The highest BCUT2D eigenvalue weighted by atomic mass is 32.1. The fourth-order valence-electron chi connectivity index (χ4n) is 8.94. The molecule has 1 aromatic heterocycles. The van der Waals surface area contributed by atoms with Crippen molar-refractivity contribution < 1.29 is 43.3 Å². The molecular formula is C47H76N8O9S. The van der Waals surface area contributed by atoms with Gasteiger partial charge in [0.05, 0.1) is 48.7 Å². The van der Waals surface area contributed by atoms with Crippen molar-refractivity contribution in [3.63, 3.8) is 0 Å². The van der Waals surface area contributed by atoms with Gasteiger partial charge in [0.1, 0.15) is 16.7 Å². The summed E-state index contributed by atoms with van der Waals surface area (Å²) in [5.74, 6) is -2.27. The van der Waals surface area contributed by atoms with Crippen LogP contribution in [-0.2, 0) is 35.1 Å². The first-order valence-corrected chi connectivity index (χ1v) is 23.7. The minimum Gasteiger partial charge on any atom is -0.465 e. The van der Waals surface area contributed by atoms with Gasteiger partial charge < -0.3 is 45.2 Å². The van der Waals surface area contributed by atoms with E-state index in [0.717, 1.165) is 5.56 Å². The monoisotopic (exact) mass is 929 g/mol. The van der Waals surface area contributed by atoms with Gasteiger partial charge in [-0.15, -0.1) is 11.3 Å². The molecule has 6 amide bonds. The molecule has 0 aliphatic carbocycles. The molecule has 2 aromatic rings. The Morgan fingerprint density at radius 1 is 0.923 bits per heavy atom. The Balaban J connectivity index is 1.83. The van der Waals surface area contributed by atoms with Gasteiger partial charge in [-0.1, -0.05) is 85.2 Å². The van der Waals surface area contributed by atoms with Crippen LogP contribution in [0.3, 0.4) is 0 Å². The van der Waals surface area contributed by atoms with E-state index in [4.69, 9.17) is 14.6 Å². The van der Waals surface area contributed by atoms with Crippen LogP contribution in [0.5, 0.6) is 0 Å². The third kappa shape index (κ3) is 14.9. The van der Waals surface area contributed by atoms with Crippen LogP contribution in [0.2, 0.25) is 0 Å². The summed E-state index contributed by atoms with van der Waals surface area (Å²) in [6, 6.07) is 6.92. The number of benzene rings is 1. The molecule has 65 heavy (non-hydrogen) atoms. The molecule has 0 saturated carbocycles. The maximum absolute atomic E-state index is 14.5. The van der Waals surface area contributed by atoms with E-state index in [1.165, 1.54) is 16.2 Å². The number of ether oxygens (including phenoxy) is 2. The molecule has 2 heterocycles. The Morgan fingerprint density at radius 3 is 2.14 bits per heavy atom. The SMILES string of the molecule is CC[C@H](C)[C@@H]([C@@H](CC(=O)N1CCC[C@H]1[C@H](OC)[C@@H](C)C(=O)N[C@@H](Cc1ccccc1)c1nc(C(=O)N(C)CCNC(=O)O)cs1)OC)N(C)C(=O)[C@@H](NC(=O)[C@H](C(C)C)N(C)C)C(C)C. The number of likely N-dealkylation sites (tertiary alicyclic amines) is 1. The van der Waals surface area contributed by atoms with Crippen molar-refractivity contribution in [2.24, 2.45) is 23.7 Å². The quantitative estimate of drug-likeness (QED) is 0.109. The fourth-order valence-corrected chi connectivity index (χ4v) is 9.78. The zero-order valence-corrected chi connectivity index (χ0v) is 41.6. The third-order valence-corrected chi connectivity index (χ3v) is 13.6. The van der Waals surface area contributed by atoms with Crippen molar-refractivity contribution in [2.45, 2.75) is 123 Å². The Kier molecular flexibility index (Phi) is 21.8. The van der Waals surface area contributed by atoms with E-state index in [9.17, 15) is 28.8 Å². The van der Waals surface area contributed by atoms with Gasteiger partial charge >= 0.3 is 6.09 Å². The summed E-state index contributed by atoms with van der Waals surface area (Å²) in [5.41, 5.74) is 1.13. The standard InChI is InChI=1S/C47H76N8O9S/c1-14-30(6)40(54(11)46(60)38(28(2)3)51-43(58)39(29(4)5)52(8)9)36(63-12)26-37(56)55-23-18-21-35(55)41(64-13)31(7)42(57)49-33(25-32-19-16-15-17-20-32)44-50-34(27-65-44)45(59)53(10)24-22-48-47(61)62/h15-17,19-20,27-31,33,35-36,38-41,48H,14,18,21-26H2,1-13H3,(H,49,57)(H,51,58)(H,61,62)/t30-,31+,33-,35-,36+,38-,39-,40-,41+/m0/s1. The van der Waals surface area contributed by atoms with E-state index in [2.05, 4.69) is 20.9 Å². The van der Waals surface area contributed by atoms with Crippen molar-refractivity contribution >= 4 is 47.0 Å². The maximum Gasteiger partial charge on any atom is 0.404 e. The summed E-state index contributed by atoms with van der Waals surface area (Å²) < 4.78 is 12.1. The van der Waals surface area contributed by atoms with Gasteiger partial charge in [-0.2, -0.15) is 0 Å². The van der Waals surface area contributed by atoms with Crippen LogP contribution in [0, 0.1) is 23.7 Å². The molecule has 3 rings (SSSR count). The summed E-state index contributed by atoms with van der Waals surface area (Å²) in [5, 5.41) is 19.5. The van der Waals surface area contributed by atoms with Crippen molar-refractivity contribution in [1.29, 1.82) is 0 Å². The first-order valence-electron chi connectivity index (χ1n) is 22.8. The Bertz CT molecular complexity index is 1850. The highest BCUT2D eigenvalue weighted by molar-refractivity contribution is 7.09. The Morgan fingerprint density at radius 2 is 1.58 bits per heavy atom. The van der Waals surface area contributed by atoms with Gasteiger partial charge in [0.2, 0.25) is 23.6 Å². The molecule has 0 radical (unpaired) electrons. The number of hydrogen-bond acceptors (Lipinski definition) is 11. The number of carbonyl (C=O) groups excluding carboxylic acids is 5. The van der Waals surface area contributed by atoms with Gasteiger partial charge in [-0.3, -0.25) is 28.9 Å². The van der Waals surface area contributed by atoms with Gasteiger partial charge in [0.25, 0.3) is 5.91 Å². The lowest BCUT2D eigenvalue weighted by molar-refractivity contribution is -0.148. The fraction of sp³-hybridized carbons (Fsp3) is 0.681. The number of amides is 6. The van der Waals surface area contributed by atoms with Crippen LogP contribution >= 0.6 is 11.3 Å². The van der Waals surface area contributed by atoms with E-state index < -0.39 is 54.4 Å². The van der Waals surface area contributed by atoms with E-state index in [1.54, 1.807) is 50.4 Å². The second-order valence-electron chi connectivity index (χ2n) is 18.3. The zero-order valence-electron chi connectivity index (χ0n) is 40.8. The Hall–Kier alpha value is -4.65. The van der Waals surface area contributed by atoms with E-state index in [1.807, 2.05) is 90.9 Å². The molecule has 364 valence electrons. The predicted molar refractivity (Wildman–Crippen MR) is 251 cm³/mol. The summed E-state index contributed by atoms with van der Waals surface area (Å²) in [6.07, 6.45) is -0.0837. The molecule has 9 atom stereocenters. The Labute approximate surface area is 390 Å². The second-order valence-corrected chi connectivity index (χ2v) is 19.1. The summed E-state index contributed by atoms with van der Waals surface area (Å²) in [4.78, 5) is 92.0. The number of hydrogen-bond donors (Lipinski definition) is 4. The summed E-state index contributed by atoms with van der Waals surface area (Å²) >= 11 is 1.25. The molecule has 0 unspecified atom stereocenters. The first-order chi connectivity index (χ1) is 30.7. The van der Waals surface area contributed by atoms with E-state index in [-0.39, 0.29) is 72.5 Å². The highest BCUT2D eigenvalue weighted by Crippen LogP contribution is 2.31. The number of methoxy groups -OCH3 is 2. The number of carbonyl (C=O) groups is 6. The average Bonchev–Trinajstić information content (AvgIpc) is 3.96. The van der Waals surface area contributed by atoms with Gasteiger partial charge in [-0.05, 0) is 56.7 Å². The number of likely N-dealkylation sites (N-methyl/N-ethyl adjacent to an activating group) is 3. The maximum atomic E-state index is 14.5. The zero-order chi connectivity index (χ0) is 48.7. The van der Waals surface area contributed by atoms with Crippen molar-refractivity contribution in [3.8, 4) is 0 Å². The average molecular weight is 929 g/mol. The molecule has 1 fully saturated rings. The van der Waals surface area contributed by atoms with Crippen LogP contribution in [0.15, 0.2) is 35.7 Å². The highest BCUT2D eigenvalue weighted by Gasteiger charge is 2.43. The second kappa shape index (κ2) is 25.9. The normalized spacial score (nSPS) is 17.7. The molecule has 1 aromatic carbocycles. The van der Waals surface area contributed by atoms with Crippen molar-refractivity contribution in [2.75, 3.05) is 62.0 Å². The first kappa shape index (κ1) is 54.7. The molecular weight excluding hydrogens is 853 g/mol. The molecule has 1 aliphatic rings. The van der Waals surface area contributed by atoms with E-state index >= 15 is 0 Å². The molecule has 1 saturated heterocycles. The molecule has 0 bridgehead atoms. The topological polar surface area (TPSA) is 203 Å². The van der Waals surface area contributed by atoms with Crippen LogP contribution in [0.4, 0.5) is 4.79 Å². The largest absolute Gasteiger partial charge is 0.465 e. The molecule has 1 aliphatic heterocycles. The number of rotatable bonds is 25. The molecule has 17 nitrogen and oxygen atoms in total. The van der Waals surface area contributed by atoms with Crippen LogP contribution in [-0.4, -0.2) is 164 Å². The summed E-state index contributed by atoms with van der Waals surface area (Å²) in [6.45, 7) is 14.3. The lowest BCUT2D eigenvalue weighted by Gasteiger charge is -2.41. The number of aromatic nitrogens is 1. The minimum absolute atomic E-state index is 0.0130. The smallest absolute Gasteiger partial charge is 0.404 e. The third-order valence-electron chi connectivity index (χ3n) is 12.7. The lowest BCUT2D eigenvalue weighted by atomic mass is 9.89. The van der Waals surface area contributed by atoms with E-state index in [0.29, 0.717) is 37.2 Å². The van der Waals surface area contributed by atoms with Crippen LogP contribution < -0.4 is 16.0 Å². The van der Waals surface area contributed by atoms with Gasteiger partial charge in [-0.25, -0.2) is 9.78 Å². The van der Waals surface area contributed by atoms with Crippen molar-refractivity contribution in [1.82, 2.24) is 40.5 Å². The van der Waals surface area contributed by atoms with Gasteiger partial charge in [0, 0.05) is 53.3 Å². The van der Waals surface area contributed by atoms with Gasteiger partial charge in [0.15, 0.2) is 0 Å². The number of nitrogens with zero attached hydrogens (tertiary/aromatic N) is 5. The van der Waals surface area contributed by atoms with Crippen LogP contribution in [0.1, 0.15) is 101 Å². The summed E-state index contributed by atoms with van der Waals surface area (Å²) in [7, 11) is 10.1. The number of carboxylic acid groups (broad SMARTS) is 1. The minimum atomic E-state index is -1.18. The molecule has 18 heteroatoms. The lowest BCUT2D eigenvalue weighted by Crippen LogP contribution is -2.59. The molecule has 4 N–H and O–H groups in total. The molecule has 0 spiro atoms. The number of thiazole rings is 1. The predicted octanol–water partition coefficient (Wildman–Crippen LogP) is 4.53. The van der Waals surface area contributed by atoms with Crippen molar-refractivity contribution in [3.05, 3.63) is 52.0 Å². The number of nitrogens with one attached hydrogen (secondary N) is 3.